The number of fused-ring (bicyclic) bond motifs is 1. The number of benzene rings is 2. The summed E-state index contributed by atoms with van der Waals surface area (Å²) < 4.78 is 0. The van der Waals surface area contributed by atoms with Gasteiger partial charge in [-0.25, -0.2) is 0 Å². The summed E-state index contributed by atoms with van der Waals surface area (Å²) in [6, 6.07) is 14.4. The second-order valence-electron chi connectivity index (χ2n) is 6.99. The highest BCUT2D eigenvalue weighted by molar-refractivity contribution is 5.85. The molecule has 1 aliphatic heterocycles. The van der Waals surface area contributed by atoms with Gasteiger partial charge in [0.15, 0.2) is 0 Å². The van der Waals surface area contributed by atoms with Gasteiger partial charge in [-0.1, -0.05) is 43.3 Å². The molecule has 1 saturated heterocycles. The van der Waals surface area contributed by atoms with Crippen LogP contribution in [-0.2, 0) is 4.79 Å². The van der Waals surface area contributed by atoms with Crippen molar-refractivity contribution in [3.8, 4) is 0 Å². The van der Waals surface area contributed by atoms with Crippen LogP contribution in [0.3, 0.4) is 0 Å². The molecule has 0 saturated carbocycles. The van der Waals surface area contributed by atoms with Crippen LogP contribution in [0.1, 0.15) is 24.9 Å². The monoisotopic (exact) mass is 426 g/mol. The first-order chi connectivity index (χ1) is 12.7. The Morgan fingerprint density at radius 1 is 1.04 bits per heavy atom. The molecule has 2 aromatic rings. The Balaban J connectivity index is 0.00000196. The van der Waals surface area contributed by atoms with E-state index < -0.39 is 0 Å². The van der Waals surface area contributed by atoms with Gasteiger partial charge < -0.3 is 20.9 Å². The van der Waals surface area contributed by atoms with Gasteiger partial charge >= 0.3 is 0 Å². The lowest BCUT2D eigenvalue weighted by molar-refractivity contribution is -0.122. The summed E-state index contributed by atoms with van der Waals surface area (Å²) in [6.07, 6.45) is 0.524. The van der Waals surface area contributed by atoms with Gasteiger partial charge in [0.05, 0.1) is 6.04 Å². The Morgan fingerprint density at radius 2 is 1.68 bits per heavy atom. The predicted molar refractivity (Wildman–Crippen MR) is 122 cm³/mol. The van der Waals surface area contributed by atoms with E-state index in [1.54, 1.807) is 0 Å². The minimum Gasteiger partial charge on any atom is -0.348 e. The highest BCUT2D eigenvalue weighted by Gasteiger charge is 2.18. The molecular formula is C21H32Cl2N4O. The minimum absolute atomic E-state index is 0. The van der Waals surface area contributed by atoms with E-state index in [9.17, 15) is 4.79 Å². The molecule has 7 heteroatoms. The summed E-state index contributed by atoms with van der Waals surface area (Å²) in [7, 11) is 0. The SMILES string of the molecule is CCN1CCN(CCC(=O)NC(CN)c2ccc3ccccc3c2)CC1.Cl.Cl. The Morgan fingerprint density at radius 3 is 2.32 bits per heavy atom. The number of nitrogens with two attached hydrogens (primary N) is 1. The molecule has 1 heterocycles. The Kier molecular flexibility index (Phi) is 10.8. The molecule has 1 aliphatic rings. The van der Waals surface area contributed by atoms with Gasteiger partial charge in [0.2, 0.25) is 5.91 Å². The van der Waals surface area contributed by atoms with Crippen LogP contribution in [0, 0.1) is 0 Å². The summed E-state index contributed by atoms with van der Waals surface area (Å²) >= 11 is 0. The zero-order valence-electron chi connectivity index (χ0n) is 16.5. The fraction of sp³-hybridized carbons (Fsp3) is 0.476. The number of carbonyl (C=O) groups excluding carboxylic acids is 1. The first-order valence-electron chi connectivity index (χ1n) is 9.62. The van der Waals surface area contributed by atoms with Gasteiger partial charge in [0.25, 0.3) is 0 Å². The van der Waals surface area contributed by atoms with E-state index >= 15 is 0 Å². The smallest absolute Gasteiger partial charge is 0.221 e. The number of likely N-dealkylation sites (N-methyl/N-ethyl adjacent to an activating group) is 1. The molecule has 3 N–H and O–H groups in total. The topological polar surface area (TPSA) is 61.6 Å². The van der Waals surface area contributed by atoms with Crippen molar-refractivity contribution in [2.75, 3.05) is 45.8 Å². The molecule has 2 aromatic carbocycles. The number of piperazine rings is 1. The molecule has 1 amide bonds. The average Bonchev–Trinajstić information content (AvgIpc) is 2.70. The van der Waals surface area contributed by atoms with Gasteiger partial charge in [0.1, 0.15) is 0 Å². The van der Waals surface area contributed by atoms with Gasteiger partial charge in [-0.3, -0.25) is 4.79 Å². The van der Waals surface area contributed by atoms with Crippen LogP contribution < -0.4 is 11.1 Å². The molecule has 156 valence electrons. The molecule has 0 spiro atoms. The first kappa shape index (κ1) is 24.7. The molecular weight excluding hydrogens is 395 g/mol. The van der Waals surface area contributed by atoms with Crippen LogP contribution >= 0.6 is 24.8 Å². The van der Waals surface area contributed by atoms with Gasteiger partial charge in [-0.15, -0.1) is 24.8 Å². The van der Waals surface area contributed by atoms with Gasteiger partial charge in [-0.2, -0.15) is 0 Å². The number of rotatable bonds is 7. The molecule has 3 rings (SSSR count). The third-order valence-electron chi connectivity index (χ3n) is 5.31. The Hall–Kier alpha value is -1.37. The summed E-state index contributed by atoms with van der Waals surface area (Å²) in [5.41, 5.74) is 7.00. The number of nitrogens with zero attached hydrogens (tertiary/aromatic N) is 2. The highest BCUT2D eigenvalue weighted by Crippen LogP contribution is 2.20. The fourth-order valence-electron chi connectivity index (χ4n) is 3.56. The molecule has 5 nitrogen and oxygen atoms in total. The third-order valence-corrected chi connectivity index (χ3v) is 5.31. The molecule has 0 radical (unpaired) electrons. The van der Waals surface area contributed by atoms with Crippen molar-refractivity contribution in [2.24, 2.45) is 5.73 Å². The first-order valence-corrected chi connectivity index (χ1v) is 9.62. The van der Waals surface area contributed by atoms with Gasteiger partial charge in [-0.05, 0) is 28.9 Å². The van der Waals surface area contributed by atoms with E-state index in [1.807, 2.05) is 12.1 Å². The van der Waals surface area contributed by atoms with Crippen molar-refractivity contribution in [3.63, 3.8) is 0 Å². The normalized spacial score (nSPS) is 16.1. The van der Waals surface area contributed by atoms with E-state index in [-0.39, 0.29) is 36.8 Å². The second-order valence-corrected chi connectivity index (χ2v) is 6.99. The number of amides is 1. The van der Waals surface area contributed by atoms with Crippen LogP contribution in [0.4, 0.5) is 0 Å². The minimum atomic E-state index is -0.135. The maximum atomic E-state index is 12.4. The predicted octanol–water partition coefficient (Wildman–Crippen LogP) is 2.83. The maximum absolute atomic E-state index is 12.4. The van der Waals surface area contributed by atoms with Crippen molar-refractivity contribution in [1.29, 1.82) is 0 Å². The third kappa shape index (κ3) is 6.61. The van der Waals surface area contributed by atoms with Crippen LogP contribution in [0.15, 0.2) is 42.5 Å². The lowest BCUT2D eigenvalue weighted by Crippen LogP contribution is -2.47. The lowest BCUT2D eigenvalue weighted by Gasteiger charge is -2.33. The zero-order valence-corrected chi connectivity index (χ0v) is 18.1. The van der Waals surface area contributed by atoms with E-state index in [4.69, 9.17) is 5.73 Å². The molecule has 0 bridgehead atoms. The molecule has 1 fully saturated rings. The van der Waals surface area contributed by atoms with Gasteiger partial charge in [0, 0.05) is 45.7 Å². The van der Waals surface area contributed by atoms with Crippen molar-refractivity contribution in [2.45, 2.75) is 19.4 Å². The number of halogens is 2. The largest absolute Gasteiger partial charge is 0.348 e. The lowest BCUT2D eigenvalue weighted by atomic mass is 10.0. The number of hydrogen-bond donors (Lipinski definition) is 2. The Labute approximate surface area is 180 Å². The van der Waals surface area contributed by atoms with E-state index in [0.717, 1.165) is 44.8 Å². The molecule has 0 aliphatic carbocycles. The van der Waals surface area contributed by atoms with E-state index in [2.05, 4.69) is 52.4 Å². The van der Waals surface area contributed by atoms with Crippen LogP contribution in [0.2, 0.25) is 0 Å². The average molecular weight is 427 g/mol. The highest BCUT2D eigenvalue weighted by atomic mass is 35.5. The van der Waals surface area contributed by atoms with Crippen LogP contribution in [0.5, 0.6) is 0 Å². The van der Waals surface area contributed by atoms with Crippen molar-refractivity contribution < 1.29 is 4.79 Å². The summed E-state index contributed by atoms with van der Waals surface area (Å²) in [4.78, 5) is 17.2. The standard InChI is InChI=1S/C21H30N4O.2ClH/c1-2-24-11-13-25(14-12-24)10-9-21(26)23-20(16-22)19-8-7-17-5-3-4-6-18(17)15-19;;/h3-8,15,20H,2,9-14,16,22H2,1H3,(H,23,26);2*1H. The zero-order chi connectivity index (χ0) is 18.4. The van der Waals surface area contributed by atoms with E-state index in [0.29, 0.717) is 13.0 Å². The number of carbonyl (C=O) groups is 1. The Bertz CT molecular complexity index is 735. The molecule has 1 unspecified atom stereocenters. The van der Waals surface area contributed by atoms with Crippen molar-refractivity contribution >= 4 is 41.5 Å². The quantitative estimate of drug-likeness (QED) is 0.714. The molecule has 1 atom stereocenters. The van der Waals surface area contributed by atoms with Crippen LogP contribution in [0.25, 0.3) is 10.8 Å². The summed E-state index contributed by atoms with van der Waals surface area (Å²) in [5, 5.41) is 5.48. The second kappa shape index (κ2) is 12.2. The van der Waals surface area contributed by atoms with Crippen LogP contribution in [-0.4, -0.2) is 61.5 Å². The summed E-state index contributed by atoms with van der Waals surface area (Å²) in [6.45, 7) is 8.82. The fourth-order valence-corrected chi connectivity index (χ4v) is 3.56. The number of hydrogen-bond acceptors (Lipinski definition) is 4. The van der Waals surface area contributed by atoms with Crippen molar-refractivity contribution in [3.05, 3.63) is 48.0 Å². The molecule has 28 heavy (non-hydrogen) atoms. The van der Waals surface area contributed by atoms with E-state index in [1.165, 1.54) is 10.8 Å². The van der Waals surface area contributed by atoms with Crippen molar-refractivity contribution in [1.82, 2.24) is 15.1 Å². The summed E-state index contributed by atoms with van der Waals surface area (Å²) in [5.74, 6) is 0.0755. The molecule has 0 aromatic heterocycles. The number of nitrogens with one attached hydrogen (secondary N) is 1. The maximum Gasteiger partial charge on any atom is 0.221 e.